The molecular formula is C18H31IN6O2. The minimum atomic E-state index is -1.06. The van der Waals surface area contributed by atoms with E-state index >= 15 is 0 Å². The molecule has 2 aromatic heterocycles. The van der Waals surface area contributed by atoms with Crippen LogP contribution in [0.3, 0.4) is 0 Å². The van der Waals surface area contributed by atoms with Crippen molar-refractivity contribution in [2.45, 2.75) is 52.2 Å². The van der Waals surface area contributed by atoms with Crippen LogP contribution >= 0.6 is 24.0 Å². The minimum absolute atomic E-state index is 0. The zero-order valence-electron chi connectivity index (χ0n) is 16.9. The van der Waals surface area contributed by atoms with Crippen LogP contribution in [0.15, 0.2) is 28.0 Å². The van der Waals surface area contributed by atoms with E-state index in [1.807, 2.05) is 14.0 Å². The average molecular weight is 490 g/mol. The first-order valence-electron chi connectivity index (χ1n) is 8.80. The number of hydrogen-bond donors (Lipinski definition) is 3. The van der Waals surface area contributed by atoms with Crippen molar-refractivity contribution in [3.05, 3.63) is 35.8 Å². The number of guanidine groups is 1. The number of aryl methyl sites for hydroxylation is 1. The van der Waals surface area contributed by atoms with Crippen molar-refractivity contribution in [1.29, 1.82) is 0 Å². The molecule has 0 aliphatic rings. The fourth-order valence-corrected chi connectivity index (χ4v) is 2.28. The molecule has 3 N–H and O–H groups in total. The van der Waals surface area contributed by atoms with Crippen molar-refractivity contribution in [2.75, 3.05) is 13.1 Å². The van der Waals surface area contributed by atoms with Gasteiger partial charge in [0, 0.05) is 30.8 Å². The van der Waals surface area contributed by atoms with E-state index in [1.54, 1.807) is 30.2 Å². The lowest BCUT2D eigenvalue weighted by molar-refractivity contribution is 0.0616. The normalized spacial score (nSPS) is 14.4. The van der Waals surface area contributed by atoms with E-state index < -0.39 is 5.60 Å². The number of halogens is 1. The zero-order valence-corrected chi connectivity index (χ0v) is 19.2. The highest BCUT2D eigenvalue weighted by Crippen LogP contribution is 2.23. The maximum atomic E-state index is 10.7. The molecule has 152 valence electrons. The Morgan fingerprint density at radius 2 is 1.96 bits per heavy atom. The molecule has 0 fully saturated rings. The molecule has 0 bridgehead atoms. The lowest BCUT2D eigenvalue weighted by Crippen LogP contribution is -2.44. The van der Waals surface area contributed by atoms with Crippen LogP contribution in [0.5, 0.6) is 0 Å². The lowest BCUT2D eigenvalue weighted by atomic mass is 9.94. The third-order valence-electron chi connectivity index (χ3n) is 3.94. The molecule has 9 heteroatoms. The summed E-state index contributed by atoms with van der Waals surface area (Å²) in [6, 6.07) is 0. The van der Waals surface area contributed by atoms with Crippen LogP contribution in [0, 0.1) is 0 Å². The van der Waals surface area contributed by atoms with Gasteiger partial charge in [0.2, 0.25) is 5.89 Å². The van der Waals surface area contributed by atoms with Gasteiger partial charge in [-0.1, -0.05) is 20.8 Å². The molecule has 27 heavy (non-hydrogen) atoms. The summed E-state index contributed by atoms with van der Waals surface area (Å²) in [5.41, 5.74) is -0.404. The van der Waals surface area contributed by atoms with Gasteiger partial charge in [0.1, 0.15) is 17.9 Å². The summed E-state index contributed by atoms with van der Waals surface area (Å²) in [6.45, 7) is 11.3. The molecule has 2 aromatic rings. The molecule has 1 atom stereocenters. The number of oxazole rings is 1. The molecule has 0 saturated heterocycles. The second-order valence-corrected chi connectivity index (χ2v) is 7.59. The van der Waals surface area contributed by atoms with Gasteiger partial charge in [0.25, 0.3) is 0 Å². The van der Waals surface area contributed by atoms with Gasteiger partial charge < -0.3 is 20.2 Å². The van der Waals surface area contributed by atoms with Gasteiger partial charge in [-0.3, -0.25) is 4.68 Å². The Morgan fingerprint density at radius 1 is 1.26 bits per heavy atom. The third kappa shape index (κ3) is 6.80. The molecule has 0 saturated carbocycles. The van der Waals surface area contributed by atoms with Crippen LogP contribution in [-0.2, 0) is 24.6 Å². The predicted octanol–water partition coefficient (Wildman–Crippen LogP) is 2.29. The van der Waals surface area contributed by atoms with E-state index in [1.165, 1.54) is 0 Å². The van der Waals surface area contributed by atoms with Crippen LogP contribution in [-0.4, -0.2) is 38.9 Å². The molecule has 0 aliphatic heterocycles. The van der Waals surface area contributed by atoms with Gasteiger partial charge in [-0.05, 0) is 13.8 Å². The Morgan fingerprint density at radius 3 is 2.48 bits per heavy atom. The van der Waals surface area contributed by atoms with Crippen LogP contribution in [0.1, 0.15) is 51.8 Å². The zero-order chi connectivity index (χ0) is 19.4. The Labute approximate surface area is 177 Å². The SMILES string of the molecule is CCNC(=NCc1ncc(C(C)(C)C)o1)NCC(C)(O)c1cnn(C)c1.I. The van der Waals surface area contributed by atoms with Crippen LogP contribution in [0.25, 0.3) is 0 Å². The van der Waals surface area contributed by atoms with E-state index in [2.05, 4.69) is 46.5 Å². The summed E-state index contributed by atoms with van der Waals surface area (Å²) in [6.07, 6.45) is 5.21. The number of nitrogens with one attached hydrogen (secondary N) is 2. The molecule has 2 rings (SSSR count). The summed E-state index contributed by atoms with van der Waals surface area (Å²) in [7, 11) is 1.82. The van der Waals surface area contributed by atoms with Crippen LogP contribution in [0.2, 0.25) is 0 Å². The standard InChI is InChI=1S/C18H30N6O2.HI/c1-7-19-16(21-10-15-20-9-14(26-15)17(2,3)4)22-12-18(5,25)13-8-23-24(6)11-13;/h8-9,11,25H,7,10,12H2,1-6H3,(H2,19,21,22);1H. The monoisotopic (exact) mass is 490 g/mol. The topological polar surface area (TPSA) is 100 Å². The summed E-state index contributed by atoms with van der Waals surface area (Å²) >= 11 is 0. The maximum Gasteiger partial charge on any atom is 0.216 e. The van der Waals surface area contributed by atoms with Gasteiger partial charge in [-0.15, -0.1) is 24.0 Å². The van der Waals surface area contributed by atoms with Crippen LogP contribution in [0.4, 0.5) is 0 Å². The lowest BCUT2D eigenvalue weighted by Gasteiger charge is -2.23. The Bertz CT molecular complexity index is 745. The molecular weight excluding hydrogens is 459 g/mol. The molecule has 0 aromatic carbocycles. The molecule has 0 amide bonds. The Balaban J connectivity index is 0.00000364. The Kier molecular flexibility index (Phi) is 8.27. The smallest absolute Gasteiger partial charge is 0.216 e. The van der Waals surface area contributed by atoms with Gasteiger partial charge in [-0.25, -0.2) is 9.98 Å². The summed E-state index contributed by atoms with van der Waals surface area (Å²) in [5.74, 6) is 1.98. The summed E-state index contributed by atoms with van der Waals surface area (Å²) in [5, 5.41) is 21.1. The maximum absolute atomic E-state index is 10.7. The van der Waals surface area contributed by atoms with E-state index in [-0.39, 0.29) is 29.4 Å². The minimum Gasteiger partial charge on any atom is -0.443 e. The predicted molar refractivity (Wildman–Crippen MR) is 116 cm³/mol. The first kappa shape index (κ1) is 23.4. The van der Waals surface area contributed by atoms with Gasteiger partial charge in [0.05, 0.1) is 18.9 Å². The summed E-state index contributed by atoms with van der Waals surface area (Å²) < 4.78 is 7.43. The van der Waals surface area contributed by atoms with Crippen molar-refractivity contribution in [1.82, 2.24) is 25.4 Å². The molecule has 0 radical (unpaired) electrons. The first-order chi connectivity index (χ1) is 12.1. The number of hydrogen-bond acceptors (Lipinski definition) is 5. The molecule has 1 unspecified atom stereocenters. The molecule has 0 spiro atoms. The van der Waals surface area contributed by atoms with Crippen molar-refractivity contribution in [3.8, 4) is 0 Å². The van der Waals surface area contributed by atoms with Gasteiger partial charge >= 0.3 is 0 Å². The van der Waals surface area contributed by atoms with Crippen molar-refractivity contribution >= 4 is 29.9 Å². The average Bonchev–Trinajstić information content (AvgIpc) is 3.19. The third-order valence-corrected chi connectivity index (χ3v) is 3.94. The number of aromatic nitrogens is 3. The highest BCUT2D eigenvalue weighted by molar-refractivity contribution is 14.0. The van der Waals surface area contributed by atoms with E-state index in [9.17, 15) is 5.11 Å². The second-order valence-electron chi connectivity index (χ2n) is 7.59. The number of nitrogens with zero attached hydrogens (tertiary/aromatic N) is 4. The Hall–Kier alpha value is -1.62. The highest BCUT2D eigenvalue weighted by Gasteiger charge is 2.25. The van der Waals surface area contributed by atoms with Crippen molar-refractivity contribution in [3.63, 3.8) is 0 Å². The fourth-order valence-electron chi connectivity index (χ4n) is 2.28. The number of aliphatic imine (C=N–C) groups is 1. The molecule has 2 heterocycles. The summed E-state index contributed by atoms with van der Waals surface area (Å²) in [4.78, 5) is 8.77. The van der Waals surface area contributed by atoms with Crippen molar-refractivity contribution in [2.24, 2.45) is 12.0 Å². The molecule has 0 aliphatic carbocycles. The number of aliphatic hydroxyl groups is 1. The second kappa shape index (κ2) is 9.54. The van der Waals surface area contributed by atoms with Gasteiger partial charge in [-0.2, -0.15) is 5.10 Å². The molecule has 8 nitrogen and oxygen atoms in total. The quantitative estimate of drug-likeness (QED) is 0.327. The number of rotatable bonds is 6. The fraction of sp³-hybridized carbons (Fsp3) is 0.611. The van der Waals surface area contributed by atoms with Crippen molar-refractivity contribution < 1.29 is 9.52 Å². The van der Waals surface area contributed by atoms with Gasteiger partial charge in [0.15, 0.2) is 5.96 Å². The first-order valence-corrected chi connectivity index (χ1v) is 8.80. The van der Waals surface area contributed by atoms with E-state index in [0.29, 0.717) is 31.5 Å². The van der Waals surface area contributed by atoms with E-state index in [0.717, 1.165) is 11.3 Å². The van der Waals surface area contributed by atoms with E-state index in [4.69, 9.17) is 4.42 Å². The largest absolute Gasteiger partial charge is 0.443 e. The highest BCUT2D eigenvalue weighted by atomic mass is 127. The van der Waals surface area contributed by atoms with Crippen LogP contribution < -0.4 is 10.6 Å².